The molecule has 12 rings (SSSR count). The predicted molar refractivity (Wildman–Crippen MR) is 363 cm³/mol. The van der Waals surface area contributed by atoms with Crippen molar-refractivity contribution in [2.24, 2.45) is 28.1 Å². The molecule has 112 heavy (non-hydrogen) atoms. The summed E-state index contributed by atoms with van der Waals surface area (Å²) < 4.78 is 97.0. The lowest BCUT2D eigenvalue weighted by Crippen LogP contribution is -2.69. The van der Waals surface area contributed by atoms with Crippen molar-refractivity contribution >= 4 is 28.6 Å². The van der Waals surface area contributed by atoms with Gasteiger partial charge in [0.1, 0.15) is 195 Å². The standard InChI is InChI=1S/C68H109IO43/c1-65-6-3-7-66(2,64(96)111-62-47(92)40(85)35(80)29(105-62)19-97-56-44(89)37(82)32(77)22(12-70)98-56)30(65)4-8-67-10-21(11-69)68(20-67,9-5-31(65)67)112-63-55(110-58-46(91)39(84)34(79)24(14-72)100-58)54(36(81)25(15-73)101-63)109-61-50(95)43(88)53(28(18-76)104-61)108-60-49(94)42(87)52(27(17-75)103-60)107-59-48(93)41(86)51(26(16-74)102-59)106-57-45(90)38(83)33(78)23(13-71)99-57/h11,22-63,70-95H,3-10,12-20H2,1-2H3/b21-11+/t22?,23?,24?,25?,26?,27?,28?,29?,30?,31-,32?,33?,34?,35?,36?,37?,38?,39?,40?,41?,42?,43?,44?,45?,46?,47?,48?,49?,50?,51?,52?,53?,54?,55?,56?,57?,58?,59?,60?,61?,62?,63?,65+,66+,67+,68-/m0/s1. The van der Waals surface area contributed by atoms with E-state index in [0.717, 1.165) is 5.57 Å². The van der Waals surface area contributed by atoms with E-state index >= 15 is 0 Å². The molecule has 8 saturated heterocycles. The molecule has 1 spiro atoms. The van der Waals surface area contributed by atoms with Crippen molar-refractivity contribution in [1.82, 2.24) is 0 Å². The number of esters is 1. The molecule has 0 amide bonds. The van der Waals surface area contributed by atoms with Gasteiger partial charge in [0, 0.05) is 0 Å². The molecule has 4 saturated carbocycles. The van der Waals surface area contributed by atoms with Gasteiger partial charge in [0.25, 0.3) is 0 Å². The van der Waals surface area contributed by atoms with E-state index in [9.17, 15) is 138 Å². The lowest BCUT2D eigenvalue weighted by molar-refractivity contribution is -0.407. The third-order valence-corrected chi connectivity index (χ3v) is 26.3. The molecule has 44 heteroatoms. The SMILES string of the molecule is C[C@@]1(C(=O)OC2OC(COC3OC(CO)C(O)C(O)C3O)C(O)C(O)C2O)CCC[C@]2(C)C1CC[C@]13C/C(=C\I)[C@](OC4OC(CO)C(O)C(OC5OC(CO)C(OC6OC(CO)C(OC7OC(CO)C(OC8OC(CO)C(O)C(O)C8O)C(O)C7O)C(O)C6O)C(O)C5O)C4OC4OC(CO)C(O)C(O)C4O)(CC[C@H]12)C3. The zero-order valence-corrected chi connectivity index (χ0v) is 63.0. The molecule has 0 aromatic rings. The molecule has 8 aliphatic heterocycles. The van der Waals surface area contributed by atoms with Gasteiger partial charge < -0.3 is 209 Å². The highest BCUT2D eigenvalue weighted by Gasteiger charge is 2.71. The van der Waals surface area contributed by atoms with Crippen molar-refractivity contribution < 1.29 is 213 Å². The number of fused-ring (bicyclic) bond motifs is 3. The van der Waals surface area contributed by atoms with Crippen LogP contribution in [0.25, 0.3) is 0 Å². The summed E-state index contributed by atoms with van der Waals surface area (Å²) in [5, 5.41) is 283. The van der Waals surface area contributed by atoms with Crippen LogP contribution in [0.15, 0.2) is 9.66 Å². The Hall–Kier alpha value is -1.70. The number of aliphatic hydroxyl groups is 26. The third-order valence-electron chi connectivity index (χ3n) is 25.6. The second-order valence-electron chi connectivity index (χ2n) is 32.1. The minimum absolute atomic E-state index is 0.139. The minimum Gasteiger partial charge on any atom is -0.432 e. The van der Waals surface area contributed by atoms with E-state index in [0.29, 0.717) is 44.9 Å². The smallest absolute Gasteiger partial charge is 0.314 e. The highest BCUT2D eigenvalue weighted by molar-refractivity contribution is 14.1. The van der Waals surface area contributed by atoms with Crippen molar-refractivity contribution in [3.8, 4) is 0 Å². The van der Waals surface area contributed by atoms with Gasteiger partial charge in [-0.25, -0.2) is 0 Å². The Balaban J connectivity index is 0.738. The Morgan fingerprint density at radius 3 is 1.16 bits per heavy atom. The Morgan fingerprint density at radius 1 is 0.375 bits per heavy atom. The molecule has 8 heterocycles. The van der Waals surface area contributed by atoms with Gasteiger partial charge in [-0.15, -0.1) is 0 Å². The highest BCUT2D eigenvalue weighted by Crippen LogP contribution is 2.74. The topological polar surface area (TPSA) is 691 Å². The van der Waals surface area contributed by atoms with Gasteiger partial charge in [-0.3, -0.25) is 4.79 Å². The van der Waals surface area contributed by atoms with Crippen molar-refractivity contribution in [3.05, 3.63) is 9.66 Å². The molecule has 41 unspecified atom stereocenters. The van der Waals surface area contributed by atoms with Gasteiger partial charge >= 0.3 is 5.97 Å². The van der Waals surface area contributed by atoms with Crippen LogP contribution < -0.4 is 0 Å². The number of ether oxygens (including phenoxy) is 16. The quantitative estimate of drug-likeness (QED) is 0.0242. The average Bonchev–Trinajstić information content (AvgIpc) is 1.49. The number of hydrogen-bond acceptors (Lipinski definition) is 43. The lowest BCUT2D eigenvalue weighted by atomic mass is 9.41. The molecule has 2 bridgehead atoms. The molecular weight excluding hydrogens is 1630 g/mol. The Morgan fingerprint density at radius 2 is 0.723 bits per heavy atom. The van der Waals surface area contributed by atoms with Crippen molar-refractivity contribution in [3.63, 3.8) is 0 Å². The van der Waals surface area contributed by atoms with Crippen molar-refractivity contribution in [2.45, 2.75) is 323 Å². The maximum Gasteiger partial charge on any atom is 0.314 e. The van der Waals surface area contributed by atoms with E-state index < -0.39 is 326 Å². The van der Waals surface area contributed by atoms with E-state index in [-0.39, 0.29) is 24.7 Å². The summed E-state index contributed by atoms with van der Waals surface area (Å²) in [6.07, 6.45) is -72.6. The maximum atomic E-state index is 14.9. The van der Waals surface area contributed by atoms with E-state index in [1.54, 1.807) is 6.92 Å². The first kappa shape index (κ1) is 89.6. The average molecular weight is 1740 g/mol. The van der Waals surface area contributed by atoms with Crippen LogP contribution in [0.2, 0.25) is 0 Å². The van der Waals surface area contributed by atoms with Crippen molar-refractivity contribution in [1.29, 1.82) is 0 Å². The first-order valence-electron chi connectivity index (χ1n) is 37.6. The number of carbonyl (C=O) groups excluding carboxylic acids is 1. The molecule has 43 nitrogen and oxygen atoms in total. The van der Waals surface area contributed by atoms with Crippen LogP contribution >= 0.6 is 22.6 Å². The van der Waals surface area contributed by atoms with Gasteiger partial charge in [0.05, 0.1) is 63.9 Å². The summed E-state index contributed by atoms with van der Waals surface area (Å²) in [4.78, 5) is 14.9. The molecule has 0 radical (unpaired) electrons. The van der Waals surface area contributed by atoms with Crippen LogP contribution in [0.4, 0.5) is 0 Å². The van der Waals surface area contributed by atoms with Crippen LogP contribution in [0.3, 0.4) is 0 Å². The van der Waals surface area contributed by atoms with Crippen LogP contribution in [-0.4, -0.2) is 443 Å². The third kappa shape index (κ3) is 16.5. The Labute approximate surface area is 652 Å². The second-order valence-corrected chi connectivity index (χ2v) is 32.7. The fraction of sp³-hybridized carbons (Fsp3) is 0.956. The molecule has 0 aromatic carbocycles. The number of halogens is 1. The first-order chi connectivity index (χ1) is 53.1. The number of rotatable bonds is 24. The molecule has 46 atom stereocenters. The molecule has 26 N–H and O–H groups in total. The zero-order valence-electron chi connectivity index (χ0n) is 60.8. The van der Waals surface area contributed by atoms with Gasteiger partial charge in [0.2, 0.25) is 6.29 Å². The van der Waals surface area contributed by atoms with Crippen LogP contribution in [0.5, 0.6) is 0 Å². The zero-order chi connectivity index (χ0) is 81.4. The van der Waals surface area contributed by atoms with E-state index in [1.165, 1.54) is 0 Å². The second kappa shape index (κ2) is 36.2. The lowest BCUT2D eigenvalue weighted by Gasteiger charge is -2.64. The minimum atomic E-state index is -2.32. The van der Waals surface area contributed by atoms with Crippen LogP contribution in [0, 0.1) is 28.1 Å². The largest absolute Gasteiger partial charge is 0.432 e. The Kier molecular flexibility index (Phi) is 28.9. The molecule has 0 aromatic heterocycles. The van der Waals surface area contributed by atoms with Gasteiger partial charge in [0.15, 0.2) is 44.0 Å². The molecule has 646 valence electrons. The molecule has 4 aliphatic carbocycles. The normalized spacial score (nSPS) is 54.4. The number of hydrogen-bond donors (Lipinski definition) is 26. The fourth-order valence-electron chi connectivity index (χ4n) is 19.4. The molecule has 12 fully saturated rings. The monoisotopic (exact) mass is 1740 g/mol. The summed E-state index contributed by atoms with van der Waals surface area (Å²) in [6.45, 7) is -3.51. The number of aliphatic hydroxyl groups excluding tert-OH is 26. The number of carbonyl (C=O) groups is 1. The molecule has 12 aliphatic rings. The summed E-state index contributed by atoms with van der Waals surface area (Å²) >= 11 is 2.08. The predicted octanol–water partition coefficient (Wildman–Crippen LogP) is -13.1. The summed E-state index contributed by atoms with van der Waals surface area (Å²) in [7, 11) is 0. The maximum absolute atomic E-state index is 14.9. The van der Waals surface area contributed by atoms with Crippen LogP contribution in [-0.2, 0) is 80.6 Å². The van der Waals surface area contributed by atoms with Crippen LogP contribution in [0.1, 0.15) is 71.6 Å². The molecular formula is C68H109IO43. The summed E-state index contributed by atoms with van der Waals surface area (Å²) in [6, 6.07) is 0. The summed E-state index contributed by atoms with van der Waals surface area (Å²) in [5.41, 5.74) is -2.97. The Bertz CT molecular complexity index is 3100. The fourth-order valence-corrected chi connectivity index (χ4v) is 20.2. The summed E-state index contributed by atoms with van der Waals surface area (Å²) in [5.74, 6) is -1.29. The highest BCUT2D eigenvalue weighted by atomic mass is 127. The van der Waals surface area contributed by atoms with Gasteiger partial charge in [-0.1, -0.05) is 35.9 Å². The van der Waals surface area contributed by atoms with E-state index in [2.05, 4.69) is 29.5 Å². The van der Waals surface area contributed by atoms with E-state index in [4.69, 9.17) is 75.8 Å². The van der Waals surface area contributed by atoms with Gasteiger partial charge in [-0.05, 0) is 90.6 Å². The van der Waals surface area contributed by atoms with Crippen molar-refractivity contribution in [2.75, 3.05) is 52.9 Å². The van der Waals surface area contributed by atoms with E-state index in [1.807, 2.05) is 4.08 Å². The van der Waals surface area contributed by atoms with Gasteiger partial charge in [-0.2, -0.15) is 0 Å². The first-order valence-corrected chi connectivity index (χ1v) is 38.8.